The van der Waals surface area contributed by atoms with Crippen molar-refractivity contribution in [2.75, 3.05) is 18.6 Å². The molecule has 0 bridgehead atoms. The van der Waals surface area contributed by atoms with Crippen LogP contribution in [0.25, 0.3) is 11.2 Å². The Balaban J connectivity index is 1.71. The Labute approximate surface area is 147 Å². The molecule has 2 aromatic heterocycles. The highest BCUT2D eigenvalue weighted by atomic mass is 35.5. The van der Waals surface area contributed by atoms with Gasteiger partial charge in [-0.3, -0.25) is 4.57 Å². The van der Waals surface area contributed by atoms with Crippen LogP contribution in [0.4, 0.5) is 5.82 Å². The summed E-state index contributed by atoms with van der Waals surface area (Å²) in [5.41, 5.74) is 1.60. The van der Waals surface area contributed by atoms with Crippen molar-refractivity contribution in [1.29, 1.82) is 0 Å². The van der Waals surface area contributed by atoms with Gasteiger partial charge in [-0.25, -0.2) is 4.98 Å². The fourth-order valence-electron chi connectivity index (χ4n) is 3.92. The van der Waals surface area contributed by atoms with E-state index in [0.717, 1.165) is 42.9 Å². The zero-order valence-electron chi connectivity index (χ0n) is 14.1. The van der Waals surface area contributed by atoms with Crippen LogP contribution in [0, 0.1) is 0 Å². The SMILES string of the molecule is CN(c1nc(Cl)nc2c1ncn2C1CCCCO1)C1CCCCC1. The molecule has 0 amide bonds. The van der Waals surface area contributed by atoms with E-state index in [9.17, 15) is 0 Å². The zero-order valence-corrected chi connectivity index (χ0v) is 14.9. The van der Waals surface area contributed by atoms with Crippen molar-refractivity contribution in [2.24, 2.45) is 0 Å². The van der Waals surface area contributed by atoms with Crippen LogP contribution in [-0.2, 0) is 4.74 Å². The number of aromatic nitrogens is 4. The maximum Gasteiger partial charge on any atom is 0.226 e. The van der Waals surface area contributed by atoms with E-state index in [0.29, 0.717) is 6.04 Å². The van der Waals surface area contributed by atoms with Crippen LogP contribution in [0.15, 0.2) is 6.33 Å². The molecule has 24 heavy (non-hydrogen) atoms. The van der Waals surface area contributed by atoms with Crippen molar-refractivity contribution in [3.05, 3.63) is 11.6 Å². The summed E-state index contributed by atoms with van der Waals surface area (Å²) < 4.78 is 7.91. The third-order valence-electron chi connectivity index (χ3n) is 5.30. The first-order valence-corrected chi connectivity index (χ1v) is 9.36. The van der Waals surface area contributed by atoms with Crippen molar-refractivity contribution < 1.29 is 4.74 Å². The minimum absolute atomic E-state index is 0.00236. The number of anilines is 1. The average Bonchev–Trinajstić information content (AvgIpc) is 3.05. The molecule has 2 fully saturated rings. The second kappa shape index (κ2) is 6.84. The van der Waals surface area contributed by atoms with Gasteiger partial charge >= 0.3 is 0 Å². The standard InChI is InChI=1S/C17H24ClN5O/c1-22(12-7-3-2-4-8-12)15-14-16(21-17(18)20-15)23(11-19-14)13-9-5-6-10-24-13/h11-13H,2-10H2,1H3. The summed E-state index contributed by atoms with van der Waals surface area (Å²) in [6, 6.07) is 0.504. The Morgan fingerprint density at radius 2 is 1.92 bits per heavy atom. The quantitative estimate of drug-likeness (QED) is 0.785. The lowest BCUT2D eigenvalue weighted by Crippen LogP contribution is -2.34. The molecule has 3 heterocycles. The van der Waals surface area contributed by atoms with Gasteiger partial charge in [-0.05, 0) is 43.7 Å². The van der Waals surface area contributed by atoms with Gasteiger partial charge in [-0.2, -0.15) is 9.97 Å². The summed E-state index contributed by atoms with van der Waals surface area (Å²) in [5.74, 6) is 0.839. The Morgan fingerprint density at radius 1 is 1.12 bits per heavy atom. The lowest BCUT2D eigenvalue weighted by molar-refractivity contribution is -0.0298. The van der Waals surface area contributed by atoms with Crippen LogP contribution >= 0.6 is 11.6 Å². The lowest BCUT2D eigenvalue weighted by atomic mass is 9.94. The summed E-state index contributed by atoms with van der Waals surface area (Å²) in [7, 11) is 2.10. The highest BCUT2D eigenvalue weighted by Gasteiger charge is 2.25. The zero-order chi connectivity index (χ0) is 16.5. The third-order valence-corrected chi connectivity index (χ3v) is 5.47. The van der Waals surface area contributed by atoms with E-state index in [4.69, 9.17) is 16.3 Å². The van der Waals surface area contributed by atoms with Gasteiger partial charge in [0, 0.05) is 19.7 Å². The summed E-state index contributed by atoms with van der Waals surface area (Å²) in [5, 5.41) is 0.276. The minimum atomic E-state index is 0.00236. The van der Waals surface area contributed by atoms with E-state index in [1.807, 2.05) is 10.9 Å². The Morgan fingerprint density at radius 3 is 2.67 bits per heavy atom. The number of fused-ring (bicyclic) bond motifs is 1. The third kappa shape index (κ3) is 2.97. The van der Waals surface area contributed by atoms with Crippen molar-refractivity contribution >= 4 is 28.6 Å². The lowest BCUT2D eigenvalue weighted by Gasteiger charge is -2.32. The summed E-state index contributed by atoms with van der Waals surface area (Å²) in [4.78, 5) is 15.8. The fourth-order valence-corrected chi connectivity index (χ4v) is 4.08. The van der Waals surface area contributed by atoms with Gasteiger partial charge in [0.1, 0.15) is 6.23 Å². The molecule has 1 unspecified atom stereocenters. The van der Waals surface area contributed by atoms with Gasteiger partial charge in [-0.1, -0.05) is 19.3 Å². The predicted molar refractivity (Wildman–Crippen MR) is 94.4 cm³/mol. The van der Waals surface area contributed by atoms with E-state index in [1.165, 1.54) is 32.1 Å². The highest BCUT2D eigenvalue weighted by Crippen LogP contribution is 2.32. The van der Waals surface area contributed by atoms with Crippen LogP contribution in [0.1, 0.15) is 57.6 Å². The highest BCUT2D eigenvalue weighted by molar-refractivity contribution is 6.28. The fraction of sp³-hybridized carbons (Fsp3) is 0.706. The molecule has 1 atom stereocenters. The Hall–Kier alpha value is -1.40. The smallest absolute Gasteiger partial charge is 0.226 e. The molecule has 4 rings (SSSR count). The molecule has 7 heteroatoms. The van der Waals surface area contributed by atoms with Gasteiger partial charge in [0.2, 0.25) is 5.28 Å². The van der Waals surface area contributed by atoms with Crippen molar-refractivity contribution in [2.45, 2.75) is 63.6 Å². The molecule has 0 N–H and O–H groups in total. The second-order valence-electron chi connectivity index (χ2n) is 6.86. The normalized spacial score (nSPS) is 22.8. The van der Waals surface area contributed by atoms with Crippen LogP contribution in [0.3, 0.4) is 0 Å². The largest absolute Gasteiger partial charge is 0.358 e. The number of imidazole rings is 1. The van der Waals surface area contributed by atoms with Crippen molar-refractivity contribution in [1.82, 2.24) is 19.5 Å². The van der Waals surface area contributed by atoms with Gasteiger partial charge in [0.05, 0.1) is 6.33 Å². The minimum Gasteiger partial charge on any atom is -0.358 e. The first-order valence-electron chi connectivity index (χ1n) is 8.98. The van der Waals surface area contributed by atoms with Crippen LogP contribution in [-0.4, -0.2) is 39.2 Å². The molecule has 1 saturated heterocycles. The number of halogens is 1. The van der Waals surface area contributed by atoms with Gasteiger partial charge in [0.15, 0.2) is 17.0 Å². The number of rotatable bonds is 3. The van der Waals surface area contributed by atoms with E-state index >= 15 is 0 Å². The molecular formula is C17H24ClN5O. The molecule has 130 valence electrons. The topological polar surface area (TPSA) is 56.1 Å². The number of hydrogen-bond donors (Lipinski definition) is 0. The molecular weight excluding hydrogens is 326 g/mol. The van der Waals surface area contributed by atoms with Gasteiger partial charge in [-0.15, -0.1) is 0 Å². The Kier molecular flexibility index (Phi) is 4.59. The maximum atomic E-state index is 6.24. The molecule has 0 aromatic carbocycles. The Bertz CT molecular complexity index is 706. The first kappa shape index (κ1) is 16.1. The molecule has 1 aliphatic heterocycles. The molecule has 0 spiro atoms. The number of nitrogens with zero attached hydrogens (tertiary/aromatic N) is 5. The molecule has 1 aliphatic carbocycles. The number of hydrogen-bond acceptors (Lipinski definition) is 5. The maximum absolute atomic E-state index is 6.24. The van der Waals surface area contributed by atoms with Gasteiger partial charge in [0.25, 0.3) is 0 Å². The monoisotopic (exact) mass is 349 g/mol. The van der Waals surface area contributed by atoms with E-state index in [1.54, 1.807) is 0 Å². The van der Waals surface area contributed by atoms with E-state index in [-0.39, 0.29) is 11.5 Å². The molecule has 6 nitrogen and oxygen atoms in total. The molecule has 1 saturated carbocycles. The van der Waals surface area contributed by atoms with Crippen LogP contribution < -0.4 is 4.90 Å². The van der Waals surface area contributed by atoms with E-state index < -0.39 is 0 Å². The van der Waals surface area contributed by atoms with Crippen LogP contribution in [0.2, 0.25) is 5.28 Å². The predicted octanol–water partition coefficient (Wildman–Crippen LogP) is 3.95. The van der Waals surface area contributed by atoms with Crippen LogP contribution in [0.5, 0.6) is 0 Å². The summed E-state index contributed by atoms with van der Waals surface area (Å²) >= 11 is 6.24. The summed E-state index contributed by atoms with van der Waals surface area (Å²) in [6.07, 6.45) is 11.4. The molecule has 2 aromatic rings. The average molecular weight is 350 g/mol. The summed E-state index contributed by atoms with van der Waals surface area (Å²) in [6.45, 7) is 0.790. The van der Waals surface area contributed by atoms with E-state index in [2.05, 4.69) is 26.9 Å². The molecule has 0 radical (unpaired) electrons. The number of ether oxygens (including phenoxy) is 1. The van der Waals surface area contributed by atoms with Crippen molar-refractivity contribution in [3.63, 3.8) is 0 Å². The van der Waals surface area contributed by atoms with Crippen molar-refractivity contribution in [3.8, 4) is 0 Å². The van der Waals surface area contributed by atoms with Gasteiger partial charge < -0.3 is 9.64 Å². The molecule has 2 aliphatic rings. The first-order chi connectivity index (χ1) is 11.7. The second-order valence-corrected chi connectivity index (χ2v) is 7.20.